The molecule has 0 bridgehead atoms. The van der Waals surface area contributed by atoms with Gasteiger partial charge in [0.2, 0.25) is 16.6 Å². The number of aromatic nitrogens is 3. The number of nitrogens with zero attached hydrogens (tertiary/aromatic N) is 5. The summed E-state index contributed by atoms with van der Waals surface area (Å²) in [7, 11) is 6.46. The maximum atomic E-state index is 11.1. The minimum absolute atomic E-state index is 0.0869. The lowest BCUT2D eigenvalue weighted by atomic mass is 10.0. The van der Waals surface area contributed by atoms with E-state index in [2.05, 4.69) is 32.0 Å². The summed E-state index contributed by atoms with van der Waals surface area (Å²) in [5.41, 5.74) is 2.07. The summed E-state index contributed by atoms with van der Waals surface area (Å²) in [4.78, 5) is 10.4. The van der Waals surface area contributed by atoms with Gasteiger partial charge in [0.1, 0.15) is 12.1 Å². The first kappa shape index (κ1) is 24.0. The van der Waals surface area contributed by atoms with Crippen LogP contribution in [0.3, 0.4) is 0 Å². The molecule has 190 valence electrons. The van der Waals surface area contributed by atoms with Gasteiger partial charge in [0.15, 0.2) is 11.5 Å². The Morgan fingerprint density at radius 2 is 1.56 bits per heavy atom. The molecule has 3 heterocycles. The molecule has 4 aromatic rings. The van der Waals surface area contributed by atoms with Crippen LogP contribution >= 0.6 is 11.3 Å². The van der Waals surface area contributed by atoms with Crippen molar-refractivity contribution < 1.29 is 24.1 Å². The van der Waals surface area contributed by atoms with Crippen molar-refractivity contribution in [1.29, 1.82) is 0 Å². The van der Waals surface area contributed by atoms with Crippen molar-refractivity contribution >= 4 is 22.0 Å². The van der Waals surface area contributed by atoms with Gasteiger partial charge in [0.25, 0.3) is 0 Å². The molecule has 11 heteroatoms. The lowest BCUT2D eigenvalue weighted by molar-refractivity contribution is 0.210. The summed E-state index contributed by atoms with van der Waals surface area (Å²) in [6.07, 6.45) is 1.44. The largest absolute Gasteiger partial charge is 0.497 e. The lowest BCUT2D eigenvalue weighted by Crippen LogP contribution is -2.47. The molecule has 2 aromatic heterocycles. The molecular formula is C25H29N5O5S. The minimum atomic E-state index is -0.259. The number of aromatic hydroxyl groups is 1. The van der Waals surface area contributed by atoms with Crippen LogP contribution in [0.4, 0.5) is 5.69 Å². The normalized spacial score (nSPS) is 15.2. The number of hydrogen-bond donors (Lipinski definition) is 1. The van der Waals surface area contributed by atoms with Gasteiger partial charge in [-0.15, -0.1) is 0 Å². The third-order valence-electron chi connectivity index (χ3n) is 6.51. The number of anilines is 1. The van der Waals surface area contributed by atoms with Gasteiger partial charge in [-0.25, -0.2) is 4.98 Å². The predicted octanol–water partition coefficient (Wildman–Crippen LogP) is 3.44. The van der Waals surface area contributed by atoms with Gasteiger partial charge in [-0.3, -0.25) is 4.90 Å². The van der Waals surface area contributed by atoms with E-state index in [1.165, 1.54) is 22.2 Å². The highest BCUT2D eigenvalue weighted by atomic mass is 32.1. The second kappa shape index (κ2) is 10.1. The standard InChI is InChI=1S/C25H29N5O5S/c1-32-18-7-5-17(6-8-18)28-9-11-29(12-10-28)21(23-24(31)30-25(36-23)26-15-27-30)16-13-19(33-2)22(35-4)20(14-16)34-3/h5-8,13-15,21,31H,9-12H2,1-4H3. The lowest BCUT2D eigenvalue weighted by Gasteiger charge is -2.40. The Morgan fingerprint density at radius 1 is 0.889 bits per heavy atom. The van der Waals surface area contributed by atoms with Crippen LogP contribution in [0.25, 0.3) is 4.96 Å². The first-order valence-electron chi connectivity index (χ1n) is 11.5. The third-order valence-corrected chi connectivity index (χ3v) is 7.59. The zero-order chi connectivity index (χ0) is 25.2. The Kier molecular flexibility index (Phi) is 6.75. The Bertz CT molecular complexity index is 1310. The van der Waals surface area contributed by atoms with E-state index < -0.39 is 0 Å². The van der Waals surface area contributed by atoms with Crippen LogP contribution in [0.2, 0.25) is 0 Å². The summed E-state index contributed by atoms with van der Waals surface area (Å²) in [6, 6.07) is 11.7. The van der Waals surface area contributed by atoms with Crippen molar-refractivity contribution in [2.45, 2.75) is 6.04 Å². The molecule has 0 saturated carbocycles. The zero-order valence-electron chi connectivity index (χ0n) is 20.7. The number of rotatable bonds is 8. The van der Waals surface area contributed by atoms with E-state index in [0.717, 1.165) is 48.1 Å². The van der Waals surface area contributed by atoms with E-state index in [9.17, 15) is 5.11 Å². The molecule has 5 rings (SSSR count). The number of thiazole rings is 1. The Labute approximate surface area is 213 Å². The molecule has 1 N–H and O–H groups in total. The van der Waals surface area contributed by atoms with Gasteiger partial charge in [0.05, 0.1) is 39.4 Å². The number of methoxy groups -OCH3 is 4. The summed E-state index contributed by atoms with van der Waals surface area (Å²) in [5.74, 6) is 2.58. The monoisotopic (exact) mass is 511 g/mol. The van der Waals surface area contributed by atoms with Crippen molar-refractivity contribution in [2.75, 3.05) is 59.5 Å². The van der Waals surface area contributed by atoms with E-state index in [-0.39, 0.29) is 11.9 Å². The van der Waals surface area contributed by atoms with E-state index in [0.29, 0.717) is 22.2 Å². The zero-order valence-corrected chi connectivity index (χ0v) is 21.5. The first-order valence-corrected chi connectivity index (χ1v) is 12.3. The molecule has 36 heavy (non-hydrogen) atoms. The van der Waals surface area contributed by atoms with Gasteiger partial charge in [0, 0.05) is 31.9 Å². The van der Waals surface area contributed by atoms with Crippen LogP contribution in [-0.4, -0.2) is 79.2 Å². The number of benzene rings is 2. The summed E-state index contributed by atoms with van der Waals surface area (Å²) in [5, 5.41) is 15.3. The quantitative estimate of drug-likeness (QED) is 0.382. The van der Waals surface area contributed by atoms with Crippen LogP contribution in [0, 0.1) is 0 Å². The number of fused-ring (bicyclic) bond motifs is 1. The van der Waals surface area contributed by atoms with Gasteiger partial charge in [-0.05, 0) is 42.0 Å². The fourth-order valence-electron chi connectivity index (χ4n) is 4.69. The molecule has 0 amide bonds. The number of ether oxygens (including phenoxy) is 4. The van der Waals surface area contributed by atoms with Crippen LogP contribution in [0.1, 0.15) is 16.5 Å². The van der Waals surface area contributed by atoms with Crippen molar-refractivity contribution in [3.63, 3.8) is 0 Å². The molecule has 1 aliphatic heterocycles. The number of hydrogen-bond acceptors (Lipinski definition) is 10. The maximum Gasteiger partial charge on any atom is 0.230 e. The first-order chi connectivity index (χ1) is 17.6. The predicted molar refractivity (Wildman–Crippen MR) is 137 cm³/mol. The Morgan fingerprint density at radius 3 is 2.11 bits per heavy atom. The molecule has 10 nitrogen and oxygen atoms in total. The summed E-state index contributed by atoms with van der Waals surface area (Å²) in [6.45, 7) is 3.21. The second-order valence-electron chi connectivity index (χ2n) is 8.33. The topological polar surface area (TPSA) is 93.8 Å². The molecule has 1 unspecified atom stereocenters. The molecule has 1 atom stereocenters. The molecule has 1 aliphatic rings. The van der Waals surface area contributed by atoms with Gasteiger partial charge >= 0.3 is 0 Å². The Hall–Kier alpha value is -3.70. The van der Waals surface area contributed by atoms with E-state index in [1.807, 2.05) is 24.3 Å². The molecule has 1 fully saturated rings. The molecule has 2 aromatic carbocycles. The SMILES string of the molecule is COc1ccc(N2CCN(C(c3cc(OC)c(OC)c(OC)c3)c3sc4ncnn4c3O)CC2)cc1. The fourth-order valence-corrected chi connectivity index (χ4v) is 5.78. The van der Waals surface area contributed by atoms with E-state index in [1.54, 1.807) is 28.4 Å². The van der Waals surface area contributed by atoms with Crippen LogP contribution in [-0.2, 0) is 0 Å². The van der Waals surface area contributed by atoms with Crippen molar-refractivity contribution in [1.82, 2.24) is 19.5 Å². The van der Waals surface area contributed by atoms with Crippen molar-refractivity contribution in [2.24, 2.45) is 0 Å². The fraction of sp³-hybridized carbons (Fsp3) is 0.360. The molecule has 0 radical (unpaired) electrons. The van der Waals surface area contributed by atoms with E-state index in [4.69, 9.17) is 18.9 Å². The van der Waals surface area contributed by atoms with Gasteiger partial charge < -0.3 is 29.0 Å². The maximum absolute atomic E-state index is 11.1. The van der Waals surface area contributed by atoms with Crippen LogP contribution < -0.4 is 23.8 Å². The third kappa shape index (κ3) is 4.24. The van der Waals surface area contributed by atoms with Crippen LogP contribution in [0.5, 0.6) is 28.9 Å². The highest BCUT2D eigenvalue weighted by Gasteiger charge is 2.33. The van der Waals surface area contributed by atoms with Gasteiger partial charge in [-0.1, -0.05) is 11.3 Å². The highest BCUT2D eigenvalue weighted by Crippen LogP contribution is 2.45. The smallest absolute Gasteiger partial charge is 0.230 e. The highest BCUT2D eigenvalue weighted by molar-refractivity contribution is 7.17. The van der Waals surface area contributed by atoms with Gasteiger partial charge in [-0.2, -0.15) is 9.61 Å². The molecule has 0 spiro atoms. The average Bonchev–Trinajstić information content (AvgIpc) is 3.51. The molecular weight excluding hydrogens is 482 g/mol. The molecule has 1 saturated heterocycles. The number of piperazine rings is 1. The summed E-state index contributed by atoms with van der Waals surface area (Å²) < 4.78 is 23.6. The summed E-state index contributed by atoms with van der Waals surface area (Å²) >= 11 is 1.42. The second-order valence-corrected chi connectivity index (χ2v) is 9.34. The molecule has 0 aliphatic carbocycles. The van der Waals surface area contributed by atoms with E-state index >= 15 is 0 Å². The minimum Gasteiger partial charge on any atom is -0.497 e. The van der Waals surface area contributed by atoms with Crippen LogP contribution in [0.15, 0.2) is 42.7 Å². The van der Waals surface area contributed by atoms with Crippen molar-refractivity contribution in [3.05, 3.63) is 53.2 Å². The Balaban J connectivity index is 1.51. The van der Waals surface area contributed by atoms with Crippen molar-refractivity contribution in [3.8, 4) is 28.9 Å². The average molecular weight is 512 g/mol.